The molecule has 3 rings (SSSR count). The number of pyridine rings is 1. The van der Waals surface area contributed by atoms with Crippen LogP contribution in [-0.4, -0.2) is 64.7 Å². The summed E-state index contributed by atoms with van der Waals surface area (Å²) in [5, 5.41) is 9.82. The van der Waals surface area contributed by atoms with E-state index in [2.05, 4.69) is 35.6 Å². The fourth-order valence-electron chi connectivity index (χ4n) is 4.06. The number of carbonyl (C=O) groups is 1. The summed E-state index contributed by atoms with van der Waals surface area (Å²) in [7, 11) is 1.96. The summed E-state index contributed by atoms with van der Waals surface area (Å²) in [6.07, 6.45) is 2.13. The smallest absolute Gasteiger partial charge is 0.259 e. The van der Waals surface area contributed by atoms with Crippen molar-refractivity contribution >= 4 is 5.91 Å². The molecular formula is C28H36FN3O3. The van der Waals surface area contributed by atoms with Crippen LogP contribution in [-0.2, 0) is 6.54 Å². The van der Waals surface area contributed by atoms with Gasteiger partial charge in [-0.1, -0.05) is 44.7 Å². The second-order valence-electron chi connectivity index (χ2n) is 9.93. The Kier molecular flexibility index (Phi) is 9.25. The van der Waals surface area contributed by atoms with Gasteiger partial charge in [0.15, 0.2) is 0 Å². The van der Waals surface area contributed by atoms with Crippen molar-refractivity contribution in [3.05, 3.63) is 59.0 Å². The molecule has 0 bridgehead atoms. The number of likely N-dealkylation sites (N-methyl/N-ethyl adjacent to an activating group) is 1. The van der Waals surface area contributed by atoms with Crippen LogP contribution < -0.4 is 4.74 Å². The summed E-state index contributed by atoms with van der Waals surface area (Å²) >= 11 is 0. The normalized spacial score (nSPS) is 18.9. The first-order valence-corrected chi connectivity index (χ1v) is 12.2. The highest BCUT2D eigenvalue weighted by molar-refractivity contribution is 5.97. The molecule has 2 aromatic rings. The van der Waals surface area contributed by atoms with E-state index >= 15 is 0 Å². The lowest BCUT2D eigenvalue weighted by Crippen LogP contribution is -2.49. The van der Waals surface area contributed by atoms with Crippen LogP contribution in [0.2, 0.25) is 0 Å². The predicted molar refractivity (Wildman–Crippen MR) is 134 cm³/mol. The molecule has 3 atom stereocenters. The highest BCUT2D eigenvalue weighted by Gasteiger charge is 2.34. The van der Waals surface area contributed by atoms with E-state index < -0.39 is 0 Å². The molecule has 1 N–H and O–H groups in total. The van der Waals surface area contributed by atoms with Crippen molar-refractivity contribution in [2.45, 2.75) is 52.8 Å². The number of amides is 1. The molecule has 0 radical (unpaired) electrons. The number of benzene rings is 1. The van der Waals surface area contributed by atoms with Gasteiger partial charge in [-0.25, -0.2) is 9.37 Å². The topological polar surface area (TPSA) is 65.9 Å². The van der Waals surface area contributed by atoms with E-state index in [1.54, 1.807) is 23.2 Å². The van der Waals surface area contributed by atoms with E-state index in [9.17, 15) is 14.3 Å². The van der Waals surface area contributed by atoms with Gasteiger partial charge < -0.3 is 14.7 Å². The number of ether oxygens (including phenoxy) is 1. The summed E-state index contributed by atoms with van der Waals surface area (Å²) in [5.41, 5.74) is 1.89. The van der Waals surface area contributed by atoms with Crippen LogP contribution in [0.5, 0.6) is 5.88 Å². The second-order valence-corrected chi connectivity index (χ2v) is 9.93. The molecule has 0 aliphatic carbocycles. The Morgan fingerprint density at radius 2 is 2.09 bits per heavy atom. The summed E-state index contributed by atoms with van der Waals surface area (Å²) in [6.45, 7) is 9.48. The van der Waals surface area contributed by atoms with Crippen molar-refractivity contribution in [2.24, 2.45) is 11.8 Å². The van der Waals surface area contributed by atoms with Gasteiger partial charge in [-0.05, 0) is 43.7 Å². The first-order chi connectivity index (χ1) is 16.7. The molecule has 35 heavy (non-hydrogen) atoms. The fourth-order valence-corrected chi connectivity index (χ4v) is 4.06. The zero-order valence-corrected chi connectivity index (χ0v) is 21.3. The van der Waals surface area contributed by atoms with Gasteiger partial charge in [0.05, 0.1) is 12.6 Å². The molecule has 1 aliphatic heterocycles. The Hall–Kier alpha value is -2.95. The van der Waals surface area contributed by atoms with E-state index in [1.807, 2.05) is 27.0 Å². The molecule has 6 nitrogen and oxygen atoms in total. The monoisotopic (exact) mass is 481 g/mol. The number of rotatable bonds is 7. The van der Waals surface area contributed by atoms with Gasteiger partial charge in [0.25, 0.3) is 5.91 Å². The first kappa shape index (κ1) is 26.7. The predicted octanol–water partition coefficient (Wildman–Crippen LogP) is 3.97. The molecule has 7 heteroatoms. The van der Waals surface area contributed by atoms with E-state index in [-0.39, 0.29) is 42.3 Å². The molecular weight excluding hydrogens is 445 g/mol. The number of nitrogens with zero attached hydrogens (tertiary/aromatic N) is 3. The van der Waals surface area contributed by atoms with Crippen LogP contribution in [0.4, 0.5) is 4.39 Å². The number of aromatic nitrogens is 1. The molecule has 0 saturated heterocycles. The second kappa shape index (κ2) is 12.1. The summed E-state index contributed by atoms with van der Waals surface area (Å²) in [6, 6.07) is 7.94. The third-order valence-corrected chi connectivity index (χ3v) is 6.10. The molecule has 1 aliphatic rings. The van der Waals surface area contributed by atoms with Crippen molar-refractivity contribution in [3.63, 3.8) is 0 Å². The van der Waals surface area contributed by atoms with Crippen LogP contribution >= 0.6 is 0 Å². The van der Waals surface area contributed by atoms with Crippen molar-refractivity contribution in [2.75, 3.05) is 26.7 Å². The van der Waals surface area contributed by atoms with Gasteiger partial charge in [-0.3, -0.25) is 9.69 Å². The molecule has 2 heterocycles. The number of hydrogen-bond acceptors (Lipinski definition) is 5. The van der Waals surface area contributed by atoms with Gasteiger partial charge in [-0.2, -0.15) is 0 Å². The molecule has 1 aromatic heterocycles. The average molecular weight is 482 g/mol. The van der Waals surface area contributed by atoms with Crippen molar-refractivity contribution in [1.82, 2.24) is 14.8 Å². The lowest BCUT2D eigenvalue weighted by atomic mass is 9.99. The van der Waals surface area contributed by atoms with Gasteiger partial charge in [0, 0.05) is 43.7 Å². The lowest BCUT2D eigenvalue weighted by molar-refractivity contribution is 0.0325. The minimum absolute atomic E-state index is 0.0247. The minimum Gasteiger partial charge on any atom is -0.472 e. The largest absolute Gasteiger partial charge is 0.472 e. The van der Waals surface area contributed by atoms with Gasteiger partial charge in [-0.15, -0.1) is 0 Å². The third kappa shape index (κ3) is 7.27. The molecule has 0 fully saturated rings. The highest BCUT2D eigenvalue weighted by atomic mass is 19.1. The Balaban J connectivity index is 1.89. The van der Waals surface area contributed by atoms with Crippen LogP contribution in [0, 0.1) is 29.5 Å². The maximum Gasteiger partial charge on any atom is 0.259 e. The number of fused-ring (bicyclic) bond motifs is 1. The van der Waals surface area contributed by atoms with Gasteiger partial charge >= 0.3 is 0 Å². The number of aliphatic hydroxyl groups is 1. The summed E-state index contributed by atoms with van der Waals surface area (Å²) in [5.74, 6) is 6.46. The average Bonchev–Trinajstić information content (AvgIpc) is 2.81. The Bertz CT molecular complexity index is 1080. The quantitative estimate of drug-likeness (QED) is 0.607. The van der Waals surface area contributed by atoms with Gasteiger partial charge in [0.2, 0.25) is 5.88 Å². The standard InChI is InChI=1S/C28H36FN3O3/c1-19(2)8-6-9-22-13-25-27(30-14-22)35-26(20(3)15-32(28(25)34)21(4)18-33)17-31(5)16-23-10-7-11-24(29)12-23/h7,10-14,19-21,26,33H,8,15-18H2,1-5H3/t20-,21-,26+/m1/s1. The first-order valence-electron chi connectivity index (χ1n) is 12.2. The highest BCUT2D eigenvalue weighted by Crippen LogP contribution is 2.27. The Morgan fingerprint density at radius 3 is 2.77 bits per heavy atom. The molecule has 0 saturated carbocycles. The Labute approximate surface area is 208 Å². The number of halogens is 1. The van der Waals surface area contributed by atoms with Crippen LogP contribution in [0.25, 0.3) is 0 Å². The zero-order valence-electron chi connectivity index (χ0n) is 21.3. The summed E-state index contributed by atoms with van der Waals surface area (Å²) in [4.78, 5) is 21.7. The molecule has 1 amide bonds. The van der Waals surface area contributed by atoms with E-state index in [0.717, 1.165) is 12.0 Å². The van der Waals surface area contributed by atoms with Crippen molar-refractivity contribution in [3.8, 4) is 17.7 Å². The zero-order chi connectivity index (χ0) is 25.5. The van der Waals surface area contributed by atoms with Crippen LogP contribution in [0.15, 0.2) is 36.5 Å². The molecule has 1 aromatic carbocycles. The maximum absolute atomic E-state index is 13.6. The minimum atomic E-state index is -0.350. The van der Waals surface area contributed by atoms with Crippen molar-refractivity contribution < 1.29 is 19.0 Å². The molecule has 188 valence electrons. The maximum atomic E-state index is 13.6. The fraction of sp³-hybridized carbons (Fsp3) is 0.500. The molecule has 0 spiro atoms. The number of carbonyl (C=O) groups excluding carboxylic acids is 1. The van der Waals surface area contributed by atoms with Crippen molar-refractivity contribution in [1.29, 1.82) is 0 Å². The van der Waals surface area contributed by atoms with Crippen LogP contribution in [0.1, 0.15) is 55.6 Å². The van der Waals surface area contributed by atoms with Gasteiger partial charge in [0.1, 0.15) is 17.5 Å². The molecule has 0 unspecified atom stereocenters. The third-order valence-electron chi connectivity index (χ3n) is 6.10. The lowest BCUT2D eigenvalue weighted by Gasteiger charge is -2.37. The van der Waals surface area contributed by atoms with E-state index in [1.165, 1.54) is 12.1 Å². The summed E-state index contributed by atoms with van der Waals surface area (Å²) < 4.78 is 19.9. The van der Waals surface area contributed by atoms with E-state index in [0.29, 0.717) is 36.7 Å². The van der Waals surface area contributed by atoms with E-state index in [4.69, 9.17) is 4.74 Å². The number of aliphatic hydroxyl groups excluding tert-OH is 1. The SMILES string of the molecule is CC(C)CC#Cc1cnc2c(c1)C(=O)N([C@H](C)CO)C[C@@H](C)[C@H](CN(C)Cc1cccc(F)c1)O2. The van der Waals surface area contributed by atoms with Crippen LogP contribution in [0.3, 0.4) is 0 Å². The number of hydrogen-bond donors (Lipinski definition) is 1. The Morgan fingerprint density at radius 1 is 1.31 bits per heavy atom.